The van der Waals surface area contributed by atoms with Crippen LogP contribution in [0.25, 0.3) is 22.6 Å². The maximum Gasteiger partial charge on any atom is 0.227 e. The predicted molar refractivity (Wildman–Crippen MR) is 134 cm³/mol. The van der Waals surface area contributed by atoms with Crippen LogP contribution in [0.5, 0.6) is 0 Å². The molecule has 2 aromatic carbocycles. The highest BCUT2D eigenvalue weighted by molar-refractivity contribution is 7.80. The SMILES string of the molecule is Cc1cccc(-c2nc3cc(NC(=S)NC(=O)CC45CC6CC(CC(C6)C4)C5)ccc3o2)c1. The molecule has 170 valence electrons. The number of hydrogen-bond donors (Lipinski definition) is 2. The molecule has 33 heavy (non-hydrogen) atoms. The van der Waals surface area contributed by atoms with E-state index in [0.717, 1.165) is 40.1 Å². The van der Waals surface area contributed by atoms with Gasteiger partial charge in [-0.25, -0.2) is 4.98 Å². The average Bonchev–Trinajstić information content (AvgIpc) is 3.15. The molecule has 0 saturated heterocycles. The quantitative estimate of drug-likeness (QED) is 0.453. The van der Waals surface area contributed by atoms with Gasteiger partial charge in [0.15, 0.2) is 10.7 Å². The van der Waals surface area contributed by atoms with E-state index in [9.17, 15) is 4.79 Å². The molecule has 4 saturated carbocycles. The first kappa shape index (κ1) is 20.8. The number of carbonyl (C=O) groups excluding carboxylic acids is 1. The van der Waals surface area contributed by atoms with Gasteiger partial charge in [-0.3, -0.25) is 4.79 Å². The van der Waals surface area contributed by atoms with E-state index >= 15 is 0 Å². The summed E-state index contributed by atoms with van der Waals surface area (Å²) in [5.41, 5.74) is 4.57. The first-order valence-electron chi connectivity index (χ1n) is 12.0. The highest BCUT2D eigenvalue weighted by Crippen LogP contribution is 2.61. The molecule has 0 radical (unpaired) electrons. The second-order valence-electron chi connectivity index (χ2n) is 10.7. The van der Waals surface area contributed by atoms with E-state index in [1.165, 1.54) is 38.5 Å². The normalized spacial score (nSPS) is 27.6. The van der Waals surface area contributed by atoms with Gasteiger partial charge in [0.05, 0.1) is 0 Å². The number of oxazole rings is 1. The van der Waals surface area contributed by atoms with E-state index in [0.29, 0.717) is 23.0 Å². The first-order chi connectivity index (χ1) is 15.9. The number of nitrogens with zero attached hydrogens (tertiary/aromatic N) is 1. The van der Waals surface area contributed by atoms with Gasteiger partial charge < -0.3 is 15.1 Å². The summed E-state index contributed by atoms with van der Waals surface area (Å²) in [7, 11) is 0. The van der Waals surface area contributed by atoms with Gasteiger partial charge in [-0.1, -0.05) is 17.7 Å². The van der Waals surface area contributed by atoms with Crippen molar-refractivity contribution in [1.82, 2.24) is 10.3 Å². The molecular weight excluding hydrogens is 430 g/mol. The average molecular weight is 460 g/mol. The summed E-state index contributed by atoms with van der Waals surface area (Å²) in [5, 5.41) is 6.41. The Labute approximate surface area is 199 Å². The second kappa shape index (κ2) is 7.94. The molecule has 4 bridgehead atoms. The fourth-order valence-electron chi connectivity index (χ4n) is 7.09. The number of hydrogen-bond acceptors (Lipinski definition) is 4. The minimum Gasteiger partial charge on any atom is -0.436 e. The topological polar surface area (TPSA) is 67.2 Å². The van der Waals surface area contributed by atoms with Crippen LogP contribution >= 0.6 is 12.2 Å². The summed E-state index contributed by atoms with van der Waals surface area (Å²) in [6, 6.07) is 13.8. The lowest BCUT2D eigenvalue weighted by atomic mass is 9.49. The van der Waals surface area contributed by atoms with Crippen LogP contribution in [0.2, 0.25) is 0 Å². The number of fused-ring (bicyclic) bond motifs is 1. The Morgan fingerprint density at radius 2 is 1.82 bits per heavy atom. The van der Waals surface area contributed by atoms with Gasteiger partial charge in [-0.2, -0.15) is 0 Å². The number of benzene rings is 2. The molecule has 7 rings (SSSR count). The highest BCUT2D eigenvalue weighted by Gasteiger charge is 2.51. The molecular formula is C27H29N3O2S. The Kier molecular flexibility index (Phi) is 5.02. The molecule has 0 atom stereocenters. The van der Waals surface area contributed by atoms with E-state index in [1.54, 1.807) is 0 Å². The molecule has 0 aliphatic heterocycles. The molecule has 6 heteroatoms. The van der Waals surface area contributed by atoms with Crippen LogP contribution in [0.1, 0.15) is 50.5 Å². The van der Waals surface area contributed by atoms with Crippen LogP contribution in [-0.2, 0) is 4.79 Å². The summed E-state index contributed by atoms with van der Waals surface area (Å²) >= 11 is 5.45. The van der Waals surface area contributed by atoms with Crippen molar-refractivity contribution in [3.63, 3.8) is 0 Å². The van der Waals surface area contributed by atoms with Crippen molar-refractivity contribution in [3.8, 4) is 11.5 Å². The second-order valence-corrected chi connectivity index (χ2v) is 11.1. The Hall–Kier alpha value is -2.73. The molecule has 1 aromatic heterocycles. The number of carbonyl (C=O) groups is 1. The fraction of sp³-hybridized carbons (Fsp3) is 0.444. The van der Waals surface area contributed by atoms with Gasteiger partial charge in [0, 0.05) is 17.7 Å². The molecule has 4 aliphatic carbocycles. The lowest BCUT2D eigenvalue weighted by Gasteiger charge is -2.56. The minimum atomic E-state index is 0.0405. The number of anilines is 1. The first-order valence-corrected chi connectivity index (χ1v) is 12.4. The van der Waals surface area contributed by atoms with E-state index in [1.807, 2.05) is 43.3 Å². The van der Waals surface area contributed by atoms with E-state index in [4.69, 9.17) is 16.6 Å². The number of amides is 1. The predicted octanol–water partition coefficient (Wildman–Crippen LogP) is 6.22. The number of aryl methyl sites for hydroxylation is 1. The zero-order valence-electron chi connectivity index (χ0n) is 18.9. The minimum absolute atomic E-state index is 0.0405. The zero-order valence-corrected chi connectivity index (χ0v) is 19.7. The molecule has 1 amide bonds. The Morgan fingerprint density at radius 1 is 1.09 bits per heavy atom. The van der Waals surface area contributed by atoms with E-state index in [-0.39, 0.29) is 11.3 Å². The summed E-state index contributed by atoms with van der Waals surface area (Å²) in [6.45, 7) is 2.05. The Balaban J connectivity index is 1.11. The van der Waals surface area contributed by atoms with Crippen LogP contribution in [0.3, 0.4) is 0 Å². The van der Waals surface area contributed by atoms with E-state index in [2.05, 4.69) is 21.7 Å². The van der Waals surface area contributed by atoms with Gasteiger partial charge in [0.2, 0.25) is 11.8 Å². The summed E-state index contributed by atoms with van der Waals surface area (Å²) in [6.07, 6.45) is 8.42. The standard InChI is InChI=1S/C27H29N3O2S/c1-16-3-2-4-20(7-16)25-29-22-11-21(5-6-23(22)32-25)28-26(33)30-24(31)15-27-12-17-8-18(13-27)10-19(9-17)14-27/h2-7,11,17-19H,8-10,12-15H2,1H3,(H2,28,30,31,33). The highest BCUT2D eigenvalue weighted by atomic mass is 32.1. The van der Waals surface area contributed by atoms with Crippen molar-refractivity contribution in [1.29, 1.82) is 0 Å². The zero-order chi connectivity index (χ0) is 22.6. The van der Waals surface area contributed by atoms with Gasteiger partial charge in [0.1, 0.15) is 5.52 Å². The molecule has 4 aliphatic rings. The number of thiocarbonyl (C=S) groups is 1. The van der Waals surface area contributed by atoms with Gasteiger partial charge >= 0.3 is 0 Å². The van der Waals surface area contributed by atoms with Crippen LogP contribution in [0, 0.1) is 30.1 Å². The number of rotatable bonds is 4. The molecule has 4 fully saturated rings. The van der Waals surface area contributed by atoms with Crippen molar-refractivity contribution >= 4 is 40.0 Å². The maximum atomic E-state index is 12.9. The van der Waals surface area contributed by atoms with Crippen LogP contribution < -0.4 is 10.6 Å². The maximum absolute atomic E-state index is 12.9. The van der Waals surface area contributed by atoms with Crippen LogP contribution in [-0.4, -0.2) is 16.0 Å². The molecule has 0 unspecified atom stereocenters. The largest absolute Gasteiger partial charge is 0.436 e. The van der Waals surface area contributed by atoms with Crippen molar-refractivity contribution < 1.29 is 9.21 Å². The van der Waals surface area contributed by atoms with Crippen LogP contribution in [0.4, 0.5) is 5.69 Å². The number of nitrogens with one attached hydrogen (secondary N) is 2. The lowest BCUT2D eigenvalue weighted by molar-refractivity contribution is -0.127. The smallest absolute Gasteiger partial charge is 0.227 e. The third-order valence-electron chi connectivity index (χ3n) is 7.86. The fourth-order valence-corrected chi connectivity index (χ4v) is 7.32. The van der Waals surface area contributed by atoms with Crippen molar-refractivity contribution in [3.05, 3.63) is 48.0 Å². The monoisotopic (exact) mass is 459 g/mol. The van der Waals surface area contributed by atoms with Gasteiger partial charge in [-0.05, 0) is 111 Å². The molecule has 5 nitrogen and oxygen atoms in total. The third kappa shape index (κ3) is 4.17. The molecule has 0 spiro atoms. The Morgan fingerprint density at radius 3 is 2.52 bits per heavy atom. The molecule has 3 aromatic rings. The molecule has 2 N–H and O–H groups in total. The van der Waals surface area contributed by atoms with Gasteiger partial charge in [-0.15, -0.1) is 0 Å². The lowest BCUT2D eigenvalue weighted by Crippen LogP contribution is -2.48. The summed E-state index contributed by atoms with van der Waals surface area (Å²) < 4.78 is 5.93. The van der Waals surface area contributed by atoms with Crippen molar-refractivity contribution in [2.45, 2.75) is 51.9 Å². The Bertz CT molecular complexity index is 1210. The number of aromatic nitrogens is 1. The van der Waals surface area contributed by atoms with Gasteiger partial charge in [0.25, 0.3) is 0 Å². The van der Waals surface area contributed by atoms with E-state index < -0.39 is 0 Å². The molecule has 1 heterocycles. The summed E-state index contributed by atoms with van der Waals surface area (Å²) in [5.74, 6) is 3.16. The summed E-state index contributed by atoms with van der Waals surface area (Å²) in [4.78, 5) is 17.5. The van der Waals surface area contributed by atoms with Crippen molar-refractivity contribution in [2.75, 3.05) is 5.32 Å². The third-order valence-corrected chi connectivity index (χ3v) is 8.07. The van der Waals surface area contributed by atoms with Crippen LogP contribution in [0.15, 0.2) is 46.9 Å². The van der Waals surface area contributed by atoms with Crippen molar-refractivity contribution in [2.24, 2.45) is 23.2 Å².